The number of carbonyl (C=O) groups is 1. The van der Waals surface area contributed by atoms with Crippen molar-refractivity contribution in [1.29, 1.82) is 0 Å². The number of aliphatic hydroxyl groups is 1. The van der Waals surface area contributed by atoms with Gasteiger partial charge in [0.2, 0.25) is 0 Å². The lowest BCUT2D eigenvalue weighted by atomic mass is 9.82. The molecule has 160 valence electrons. The molecule has 2 atom stereocenters. The Morgan fingerprint density at radius 1 is 1.09 bits per heavy atom. The predicted molar refractivity (Wildman–Crippen MR) is 126 cm³/mol. The van der Waals surface area contributed by atoms with E-state index in [0.717, 1.165) is 34.8 Å². The van der Waals surface area contributed by atoms with Gasteiger partial charge in [-0.1, -0.05) is 36.4 Å². The van der Waals surface area contributed by atoms with Crippen LogP contribution in [0.25, 0.3) is 32.7 Å². The minimum atomic E-state index is -0.185. The van der Waals surface area contributed by atoms with Crippen molar-refractivity contribution in [3.8, 4) is 11.1 Å². The Hall–Kier alpha value is -3.28. The normalized spacial score (nSPS) is 22.5. The molecular weight excluding hydrogens is 398 g/mol. The van der Waals surface area contributed by atoms with Crippen molar-refractivity contribution in [3.05, 3.63) is 78.6 Å². The number of rotatable bonds is 3. The summed E-state index contributed by atoms with van der Waals surface area (Å²) in [6.45, 7) is 3.10. The van der Waals surface area contributed by atoms with E-state index in [1.54, 1.807) is 0 Å². The van der Waals surface area contributed by atoms with E-state index in [9.17, 15) is 9.90 Å². The van der Waals surface area contributed by atoms with E-state index >= 15 is 0 Å². The van der Waals surface area contributed by atoms with Crippen LogP contribution in [0.5, 0.6) is 0 Å². The van der Waals surface area contributed by atoms with Crippen LogP contribution >= 0.6 is 0 Å². The second kappa shape index (κ2) is 7.40. The SMILES string of the molecule is O=C(c1ccc2cc(-c3cccc4cnccc34)ccc2c1)N1C[C@@H]2CNC[C@]2(CO)C1. The Balaban J connectivity index is 1.32. The highest BCUT2D eigenvalue weighted by Crippen LogP contribution is 2.39. The fourth-order valence-corrected chi connectivity index (χ4v) is 5.50. The zero-order valence-corrected chi connectivity index (χ0v) is 17.8. The number of nitrogens with one attached hydrogen (secondary N) is 1. The Morgan fingerprint density at radius 2 is 1.97 bits per heavy atom. The van der Waals surface area contributed by atoms with Crippen LogP contribution in [0.4, 0.5) is 0 Å². The topological polar surface area (TPSA) is 65.5 Å². The summed E-state index contributed by atoms with van der Waals surface area (Å²) in [5.41, 5.74) is 2.86. The first-order valence-corrected chi connectivity index (χ1v) is 11.1. The zero-order chi connectivity index (χ0) is 21.7. The van der Waals surface area contributed by atoms with E-state index in [1.807, 2.05) is 35.5 Å². The third-order valence-electron chi connectivity index (χ3n) is 7.36. The molecule has 3 heterocycles. The predicted octanol–water partition coefficient (Wildman–Crippen LogP) is 3.71. The number of aliphatic hydroxyl groups excluding tert-OH is 1. The molecule has 0 spiro atoms. The number of pyridine rings is 1. The number of likely N-dealkylation sites (tertiary alicyclic amines) is 1. The third kappa shape index (κ3) is 3.00. The lowest BCUT2D eigenvalue weighted by Gasteiger charge is -2.25. The molecule has 2 aliphatic heterocycles. The molecule has 2 N–H and O–H groups in total. The molecule has 0 aliphatic carbocycles. The van der Waals surface area contributed by atoms with Crippen LogP contribution < -0.4 is 5.32 Å². The quantitative estimate of drug-likeness (QED) is 0.527. The van der Waals surface area contributed by atoms with Crippen LogP contribution in [-0.2, 0) is 0 Å². The van der Waals surface area contributed by atoms with Gasteiger partial charge in [-0.2, -0.15) is 0 Å². The van der Waals surface area contributed by atoms with Crippen LogP contribution in [-0.4, -0.2) is 53.7 Å². The fourth-order valence-electron chi connectivity index (χ4n) is 5.50. The molecule has 4 aromatic rings. The van der Waals surface area contributed by atoms with Gasteiger partial charge >= 0.3 is 0 Å². The standard InChI is InChI=1S/C27H25N3O2/c31-17-27-15-29-13-23(27)14-30(16-27)26(32)21-7-5-18-10-20(6-4-19(18)11-21)24-3-1-2-22-12-28-9-8-25(22)24/h1-12,23,29,31H,13-17H2/t23-,27+/m0/s1. The number of carbonyl (C=O) groups excluding carboxylic acids is 1. The highest BCUT2D eigenvalue weighted by Gasteiger charge is 2.50. The van der Waals surface area contributed by atoms with Gasteiger partial charge in [0.1, 0.15) is 0 Å². The average Bonchev–Trinajstić information content (AvgIpc) is 3.40. The molecule has 3 aromatic carbocycles. The Morgan fingerprint density at radius 3 is 2.84 bits per heavy atom. The molecule has 2 aliphatic rings. The average molecular weight is 424 g/mol. The van der Waals surface area contributed by atoms with Crippen LogP contribution in [0.1, 0.15) is 10.4 Å². The number of amides is 1. The largest absolute Gasteiger partial charge is 0.396 e. The van der Waals surface area contributed by atoms with Crippen LogP contribution in [0, 0.1) is 11.3 Å². The second-order valence-corrected chi connectivity index (χ2v) is 9.21. The van der Waals surface area contributed by atoms with Gasteiger partial charge in [0, 0.05) is 54.9 Å². The maximum Gasteiger partial charge on any atom is 0.253 e. The fraction of sp³-hybridized carbons (Fsp3) is 0.259. The van der Waals surface area contributed by atoms with E-state index in [0.29, 0.717) is 24.6 Å². The van der Waals surface area contributed by atoms with E-state index in [-0.39, 0.29) is 17.9 Å². The number of hydrogen-bond donors (Lipinski definition) is 2. The minimum Gasteiger partial charge on any atom is -0.396 e. The van der Waals surface area contributed by atoms with Crippen molar-refractivity contribution >= 4 is 27.5 Å². The van der Waals surface area contributed by atoms with Crippen molar-refractivity contribution < 1.29 is 9.90 Å². The lowest BCUT2D eigenvalue weighted by molar-refractivity contribution is 0.0745. The second-order valence-electron chi connectivity index (χ2n) is 9.21. The molecule has 0 unspecified atom stereocenters. The Bertz CT molecular complexity index is 1350. The monoisotopic (exact) mass is 423 g/mol. The Kier molecular flexibility index (Phi) is 4.49. The van der Waals surface area contributed by atoms with Crippen molar-refractivity contribution in [2.45, 2.75) is 0 Å². The molecule has 1 aromatic heterocycles. The smallest absolute Gasteiger partial charge is 0.253 e. The molecule has 5 heteroatoms. The Labute approximate surface area is 186 Å². The molecule has 0 radical (unpaired) electrons. The van der Waals surface area contributed by atoms with Crippen molar-refractivity contribution in [3.63, 3.8) is 0 Å². The molecule has 6 rings (SSSR count). The van der Waals surface area contributed by atoms with E-state index in [4.69, 9.17) is 0 Å². The minimum absolute atomic E-state index is 0.0553. The van der Waals surface area contributed by atoms with Crippen LogP contribution in [0.2, 0.25) is 0 Å². The molecule has 0 saturated carbocycles. The van der Waals surface area contributed by atoms with Crippen molar-refractivity contribution in [2.75, 3.05) is 32.8 Å². The van der Waals surface area contributed by atoms with E-state index in [2.05, 4.69) is 52.8 Å². The molecular formula is C27H25N3O2. The van der Waals surface area contributed by atoms with Crippen molar-refractivity contribution in [2.24, 2.45) is 11.3 Å². The highest BCUT2D eigenvalue weighted by molar-refractivity contribution is 6.01. The molecule has 32 heavy (non-hydrogen) atoms. The maximum absolute atomic E-state index is 13.2. The summed E-state index contributed by atoms with van der Waals surface area (Å²) in [4.78, 5) is 19.4. The first-order valence-electron chi connectivity index (χ1n) is 11.1. The number of hydrogen-bond acceptors (Lipinski definition) is 4. The van der Waals surface area contributed by atoms with Gasteiger partial charge in [-0.15, -0.1) is 0 Å². The summed E-state index contributed by atoms with van der Waals surface area (Å²) in [5, 5.41) is 17.8. The van der Waals surface area contributed by atoms with Crippen molar-refractivity contribution in [1.82, 2.24) is 15.2 Å². The highest BCUT2D eigenvalue weighted by atomic mass is 16.3. The van der Waals surface area contributed by atoms with Gasteiger partial charge in [-0.25, -0.2) is 0 Å². The number of nitrogens with zero attached hydrogens (tertiary/aromatic N) is 2. The van der Waals surface area contributed by atoms with Gasteiger partial charge < -0.3 is 15.3 Å². The van der Waals surface area contributed by atoms with Gasteiger partial charge in [0.05, 0.1) is 6.61 Å². The number of fused-ring (bicyclic) bond motifs is 3. The summed E-state index contributed by atoms with van der Waals surface area (Å²) in [7, 11) is 0. The third-order valence-corrected chi connectivity index (χ3v) is 7.36. The van der Waals surface area contributed by atoms with E-state index in [1.165, 1.54) is 10.9 Å². The van der Waals surface area contributed by atoms with Gasteiger partial charge in [0.15, 0.2) is 0 Å². The van der Waals surface area contributed by atoms with Crippen LogP contribution in [0.15, 0.2) is 73.1 Å². The summed E-state index contributed by atoms with van der Waals surface area (Å²) >= 11 is 0. The summed E-state index contributed by atoms with van der Waals surface area (Å²) in [6.07, 6.45) is 3.72. The van der Waals surface area contributed by atoms with Crippen LogP contribution in [0.3, 0.4) is 0 Å². The molecule has 5 nitrogen and oxygen atoms in total. The summed E-state index contributed by atoms with van der Waals surface area (Å²) in [6, 6.07) is 20.7. The molecule has 2 saturated heterocycles. The first-order chi connectivity index (χ1) is 15.7. The lowest BCUT2D eigenvalue weighted by Crippen LogP contribution is -2.37. The van der Waals surface area contributed by atoms with Gasteiger partial charge in [0.25, 0.3) is 5.91 Å². The molecule has 1 amide bonds. The number of benzene rings is 3. The molecule has 2 fully saturated rings. The summed E-state index contributed by atoms with van der Waals surface area (Å²) in [5.74, 6) is 0.384. The van der Waals surface area contributed by atoms with Gasteiger partial charge in [-0.3, -0.25) is 9.78 Å². The maximum atomic E-state index is 13.2. The number of aromatic nitrogens is 1. The first kappa shape index (κ1) is 19.4. The zero-order valence-electron chi connectivity index (χ0n) is 17.8. The van der Waals surface area contributed by atoms with Gasteiger partial charge in [-0.05, 0) is 57.5 Å². The summed E-state index contributed by atoms with van der Waals surface area (Å²) < 4.78 is 0. The molecule has 0 bridgehead atoms. The van der Waals surface area contributed by atoms with E-state index < -0.39 is 0 Å².